The van der Waals surface area contributed by atoms with Crippen LogP contribution in [0.4, 0.5) is 25.6 Å². The SMILES string of the molecule is CCC1(C)CCC(C(F)(F)P(=O)(O)F)CC1.CCC1(C)CCC(CP(=O)(O)F)CC1.CCC1(C)CCC(OP(=O)(F)OC)CC1.CCC1(C)CCC(OP(=O)(O)F)CC1. The number of hydrogen-bond acceptors (Lipinski definition) is 7. The van der Waals surface area contributed by atoms with Crippen molar-refractivity contribution >= 4 is 31.2 Å². The van der Waals surface area contributed by atoms with E-state index in [1.165, 1.54) is 0 Å². The first kappa shape index (κ1) is 57.3. The fraction of sp³-hybridized carbons (Fsp3) is 1.00. The maximum atomic E-state index is 13.3. The van der Waals surface area contributed by atoms with Gasteiger partial charge >= 0.3 is 36.8 Å². The largest absolute Gasteiger partial charge is 0.513 e. The Hall–Kier alpha value is 0.260. The van der Waals surface area contributed by atoms with Crippen molar-refractivity contribution in [2.45, 2.75) is 202 Å². The zero-order valence-corrected chi connectivity index (χ0v) is 40.5. The quantitative estimate of drug-likeness (QED) is 0.120. The fourth-order valence-electron chi connectivity index (χ4n) is 8.37. The van der Waals surface area contributed by atoms with Crippen molar-refractivity contribution in [1.82, 2.24) is 0 Å². The van der Waals surface area contributed by atoms with Crippen molar-refractivity contribution in [1.29, 1.82) is 0 Å². The number of halogens is 6. The molecule has 4 saturated carbocycles. The van der Waals surface area contributed by atoms with E-state index in [0.29, 0.717) is 41.9 Å². The van der Waals surface area contributed by atoms with Crippen molar-refractivity contribution in [2.24, 2.45) is 33.5 Å². The molecular weight excluding hydrogens is 866 g/mol. The minimum atomic E-state index is -5.82. The van der Waals surface area contributed by atoms with E-state index in [1.54, 1.807) is 0 Å². The van der Waals surface area contributed by atoms with Crippen LogP contribution in [0.15, 0.2) is 0 Å². The standard InChI is InChI=1S/C10H18F3O2P.C10H20FO3P.C10H20FO2P.C9H18FO3P/c1-3-9(2)6-4-8(5-7-9)10(11,12)16(13,14)15;1-4-10(2)7-5-9(6-8-10)14-15(11,12)13-3;1-3-10(2)6-4-9(5-7-10)8-14(11,12)13;1-3-9(2)6-4-8(5-7-9)13-14(10,11)12/h8H,3-7H2,1-2H3,(H,14,15);9H,4-8H2,1-3H3;9H,3-8H2,1-2H3,(H,12,13);8H,3-7H2,1-2H3,(H,11,12). The lowest BCUT2D eigenvalue weighted by Gasteiger charge is -2.39. The first-order valence-corrected chi connectivity index (χ1v) is 27.6. The average Bonchev–Trinajstić information content (AvgIpc) is 3.14. The lowest BCUT2D eigenvalue weighted by atomic mass is 9.70. The molecule has 354 valence electrons. The molecule has 0 aromatic rings. The van der Waals surface area contributed by atoms with Gasteiger partial charge in [-0.25, -0.2) is 13.7 Å². The summed E-state index contributed by atoms with van der Waals surface area (Å²) < 4.78 is 133. The highest BCUT2D eigenvalue weighted by Crippen LogP contribution is 2.64. The van der Waals surface area contributed by atoms with Gasteiger partial charge in [-0.2, -0.15) is 17.2 Å². The van der Waals surface area contributed by atoms with Gasteiger partial charge in [0, 0.05) is 13.0 Å². The molecule has 0 amide bonds. The summed E-state index contributed by atoms with van der Waals surface area (Å²) in [6, 6.07) is 0. The summed E-state index contributed by atoms with van der Waals surface area (Å²) in [5.41, 5.74) is -3.04. The first-order valence-electron chi connectivity index (χ1n) is 21.4. The molecule has 0 heterocycles. The molecule has 20 heteroatoms. The van der Waals surface area contributed by atoms with E-state index in [2.05, 4.69) is 50.6 Å². The van der Waals surface area contributed by atoms with Crippen LogP contribution in [-0.4, -0.2) is 45.8 Å². The molecule has 4 unspecified atom stereocenters. The molecule has 0 aliphatic heterocycles. The third kappa shape index (κ3) is 21.2. The summed E-state index contributed by atoms with van der Waals surface area (Å²) in [4.78, 5) is 25.5. The highest BCUT2D eigenvalue weighted by atomic mass is 31.2. The van der Waals surface area contributed by atoms with Gasteiger partial charge in [0.1, 0.15) is 0 Å². The smallest absolute Gasteiger partial charge is 0.321 e. The van der Waals surface area contributed by atoms with Crippen molar-refractivity contribution in [2.75, 3.05) is 13.3 Å². The Bertz CT molecular complexity index is 1370. The molecule has 10 nitrogen and oxygen atoms in total. The number of rotatable bonds is 13. The van der Waals surface area contributed by atoms with E-state index in [4.69, 9.17) is 19.2 Å². The van der Waals surface area contributed by atoms with Crippen molar-refractivity contribution < 1.29 is 72.1 Å². The van der Waals surface area contributed by atoms with E-state index < -0.39 is 42.8 Å². The Morgan fingerprint density at radius 1 is 0.559 bits per heavy atom. The van der Waals surface area contributed by atoms with E-state index in [1.807, 2.05) is 13.8 Å². The Kier molecular flexibility index (Phi) is 22.8. The van der Waals surface area contributed by atoms with Crippen molar-refractivity contribution in [3.63, 3.8) is 0 Å². The van der Waals surface area contributed by atoms with E-state index in [-0.39, 0.29) is 42.5 Å². The summed E-state index contributed by atoms with van der Waals surface area (Å²) in [5, 5.41) is 0. The zero-order chi connectivity index (χ0) is 45.8. The summed E-state index contributed by atoms with van der Waals surface area (Å²) in [6.07, 6.45) is 15.5. The minimum Gasteiger partial charge on any atom is -0.321 e. The zero-order valence-electron chi connectivity index (χ0n) is 36.9. The van der Waals surface area contributed by atoms with Gasteiger partial charge in [0.25, 0.3) is 0 Å². The highest BCUT2D eigenvalue weighted by Gasteiger charge is 2.57. The maximum absolute atomic E-state index is 13.3. The maximum Gasteiger partial charge on any atom is 0.513 e. The number of alkyl halides is 2. The van der Waals surface area contributed by atoms with Crippen LogP contribution in [0.25, 0.3) is 0 Å². The Morgan fingerprint density at radius 3 is 1.14 bits per heavy atom. The second-order valence-electron chi connectivity index (χ2n) is 18.9. The summed E-state index contributed by atoms with van der Waals surface area (Å²) >= 11 is 0. The normalized spacial score (nSPS) is 36.8. The molecule has 4 rings (SSSR count). The second-order valence-corrected chi connectivity index (χ2v) is 24.7. The third-order valence-corrected chi connectivity index (χ3v) is 17.9. The van der Waals surface area contributed by atoms with Gasteiger partial charge in [0.15, 0.2) is 0 Å². The van der Waals surface area contributed by atoms with Crippen molar-refractivity contribution in [3.8, 4) is 0 Å². The summed E-state index contributed by atoms with van der Waals surface area (Å²) in [7, 11) is -18.1. The molecule has 4 atom stereocenters. The first-order chi connectivity index (χ1) is 26.7. The molecule has 0 aromatic heterocycles. The van der Waals surface area contributed by atoms with Gasteiger partial charge in [-0.05, 0) is 130 Å². The summed E-state index contributed by atoms with van der Waals surface area (Å²) in [6.45, 7) is 17.1. The molecule has 0 aromatic carbocycles. The van der Waals surface area contributed by atoms with Crippen molar-refractivity contribution in [3.05, 3.63) is 0 Å². The van der Waals surface area contributed by atoms with Crippen LogP contribution < -0.4 is 0 Å². The average molecular weight is 943 g/mol. The van der Waals surface area contributed by atoms with E-state index >= 15 is 0 Å². The van der Waals surface area contributed by atoms with E-state index in [0.717, 1.165) is 97.0 Å². The molecule has 59 heavy (non-hydrogen) atoms. The molecular formula is C39H76F6O10P4. The molecule has 4 fully saturated rings. The van der Waals surface area contributed by atoms with Gasteiger partial charge in [-0.1, -0.05) is 81.1 Å². The number of hydrogen-bond donors (Lipinski definition) is 3. The molecule has 3 N–H and O–H groups in total. The van der Waals surface area contributed by atoms with Gasteiger partial charge in [-0.3, -0.25) is 23.0 Å². The van der Waals surface area contributed by atoms with Crippen LogP contribution in [0.3, 0.4) is 0 Å². The second kappa shape index (κ2) is 23.4. The van der Waals surface area contributed by atoms with Gasteiger partial charge in [0.05, 0.1) is 18.4 Å². The monoisotopic (exact) mass is 942 g/mol. The minimum absolute atomic E-state index is 0.0162. The van der Waals surface area contributed by atoms with Gasteiger partial charge in [-0.15, -0.1) is 8.39 Å². The molecule has 0 radical (unpaired) electrons. The lowest BCUT2D eigenvalue weighted by molar-refractivity contribution is -0.0266. The molecule has 4 aliphatic carbocycles. The molecule has 4 aliphatic rings. The lowest BCUT2D eigenvalue weighted by Crippen LogP contribution is -2.34. The Morgan fingerprint density at radius 2 is 0.864 bits per heavy atom. The third-order valence-electron chi connectivity index (χ3n) is 14.3. The Balaban J connectivity index is 0.000000394. The predicted molar refractivity (Wildman–Crippen MR) is 223 cm³/mol. The van der Waals surface area contributed by atoms with Crippen LogP contribution in [0.5, 0.6) is 0 Å². The van der Waals surface area contributed by atoms with Crippen LogP contribution in [0.1, 0.15) is 184 Å². The Labute approximate surface area is 350 Å². The van der Waals surface area contributed by atoms with E-state index in [9.17, 15) is 43.8 Å². The molecule has 0 saturated heterocycles. The topological polar surface area (TPSA) is 157 Å². The van der Waals surface area contributed by atoms with Gasteiger partial charge in [0.2, 0.25) is 0 Å². The van der Waals surface area contributed by atoms with Crippen LogP contribution in [0.2, 0.25) is 0 Å². The van der Waals surface area contributed by atoms with Crippen LogP contribution >= 0.6 is 31.2 Å². The highest BCUT2D eigenvalue weighted by molar-refractivity contribution is 7.53. The summed E-state index contributed by atoms with van der Waals surface area (Å²) in [5.74, 6) is -1.18. The van der Waals surface area contributed by atoms with Crippen LogP contribution in [-0.2, 0) is 31.8 Å². The fourth-order valence-corrected chi connectivity index (χ4v) is 11.3. The molecule has 0 spiro atoms. The predicted octanol–water partition coefficient (Wildman–Crippen LogP) is 15.6. The van der Waals surface area contributed by atoms with Gasteiger partial charge < -0.3 is 9.79 Å². The molecule has 0 bridgehead atoms. The van der Waals surface area contributed by atoms with Crippen LogP contribution in [0, 0.1) is 33.5 Å².